The number of fused-ring (bicyclic) bond motifs is 1. The summed E-state index contributed by atoms with van der Waals surface area (Å²) in [5, 5.41) is 1.45. The summed E-state index contributed by atoms with van der Waals surface area (Å²) < 4.78 is 5.36. The minimum absolute atomic E-state index is 0.454. The lowest BCUT2D eigenvalue weighted by Gasteiger charge is -2.10. The van der Waals surface area contributed by atoms with Crippen molar-refractivity contribution in [3.8, 4) is 17.1 Å². The Morgan fingerprint density at radius 2 is 1.95 bits per heavy atom. The fourth-order valence-corrected chi connectivity index (χ4v) is 2.45. The predicted molar refractivity (Wildman–Crippen MR) is 85.7 cm³/mol. The monoisotopic (exact) mass is 299 g/mol. The van der Waals surface area contributed by atoms with E-state index in [9.17, 15) is 0 Å². The number of halogens is 1. The fourth-order valence-electron chi connectivity index (χ4n) is 2.29. The van der Waals surface area contributed by atoms with Gasteiger partial charge < -0.3 is 10.5 Å². The minimum Gasteiger partial charge on any atom is -0.496 e. The van der Waals surface area contributed by atoms with Gasteiger partial charge in [0, 0.05) is 10.4 Å². The van der Waals surface area contributed by atoms with Gasteiger partial charge in [0.15, 0.2) is 5.82 Å². The maximum absolute atomic E-state index is 6.07. The third-order valence-electron chi connectivity index (χ3n) is 3.36. The molecule has 0 bridgehead atoms. The molecule has 0 atom stereocenters. The van der Waals surface area contributed by atoms with E-state index in [1.807, 2.05) is 31.2 Å². The molecule has 1 heterocycles. The summed E-state index contributed by atoms with van der Waals surface area (Å²) in [4.78, 5) is 9.02. The van der Waals surface area contributed by atoms with Crippen molar-refractivity contribution in [3.05, 3.63) is 47.0 Å². The Hall–Kier alpha value is -2.33. The molecular formula is C16H14ClN3O. The summed E-state index contributed by atoms with van der Waals surface area (Å²) in [6.45, 7) is 2.00. The summed E-state index contributed by atoms with van der Waals surface area (Å²) >= 11 is 5.99. The zero-order chi connectivity index (χ0) is 15.0. The van der Waals surface area contributed by atoms with Gasteiger partial charge in [-0.2, -0.15) is 0 Å². The third-order valence-corrected chi connectivity index (χ3v) is 3.60. The van der Waals surface area contributed by atoms with Gasteiger partial charge in [0.1, 0.15) is 11.6 Å². The zero-order valence-electron chi connectivity index (χ0n) is 11.7. The highest BCUT2D eigenvalue weighted by molar-refractivity contribution is 6.30. The Morgan fingerprint density at radius 3 is 2.71 bits per heavy atom. The number of hydrogen-bond acceptors (Lipinski definition) is 4. The first kappa shape index (κ1) is 13.6. The highest BCUT2D eigenvalue weighted by Crippen LogP contribution is 2.32. The largest absolute Gasteiger partial charge is 0.496 e. The Kier molecular flexibility index (Phi) is 3.39. The topological polar surface area (TPSA) is 61.0 Å². The van der Waals surface area contributed by atoms with Crippen molar-refractivity contribution in [2.45, 2.75) is 6.92 Å². The van der Waals surface area contributed by atoms with Crippen molar-refractivity contribution < 1.29 is 4.74 Å². The molecule has 2 aromatic carbocycles. The highest BCUT2D eigenvalue weighted by Gasteiger charge is 2.13. The highest BCUT2D eigenvalue weighted by atomic mass is 35.5. The molecule has 1 aromatic heterocycles. The Balaban J connectivity index is 2.29. The van der Waals surface area contributed by atoms with Crippen LogP contribution in [0.1, 0.15) is 5.56 Å². The number of nitrogens with two attached hydrogens (primary N) is 1. The van der Waals surface area contributed by atoms with Gasteiger partial charge >= 0.3 is 0 Å². The number of rotatable bonds is 2. The van der Waals surface area contributed by atoms with Gasteiger partial charge in [-0.1, -0.05) is 23.7 Å². The summed E-state index contributed by atoms with van der Waals surface area (Å²) in [6.07, 6.45) is 0. The molecule has 0 aliphatic heterocycles. The molecular weight excluding hydrogens is 286 g/mol. The second-order valence-electron chi connectivity index (χ2n) is 4.75. The van der Waals surface area contributed by atoms with Crippen LogP contribution < -0.4 is 10.5 Å². The fraction of sp³-hybridized carbons (Fsp3) is 0.125. The molecule has 0 unspecified atom stereocenters. The number of para-hydroxylation sites is 1. The number of hydrogen-bond donors (Lipinski definition) is 1. The van der Waals surface area contributed by atoms with E-state index in [2.05, 4.69) is 9.97 Å². The molecule has 3 aromatic rings. The van der Waals surface area contributed by atoms with Gasteiger partial charge in [-0.15, -0.1) is 0 Å². The smallest absolute Gasteiger partial charge is 0.165 e. The van der Waals surface area contributed by atoms with E-state index in [1.165, 1.54) is 0 Å². The van der Waals surface area contributed by atoms with E-state index in [-0.39, 0.29) is 0 Å². The van der Waals surface area contributed by atoms with Crippen molar-refractivity contribution in [1.29, 1.82) is 0 Å². The van der Waals surface area contributed by atoms with E-state index >= 15 is 0 Å². The number of benzene rings is 2. The number of aromatic nitrogens is 2. The molecule has 5 heteroatoms. The number of methoxy groups -OCH3 is 1. The van der Waals surface area contributed by atoms with Crippen LogP contribution in [0.3, 0.4) is 0 Å². The molecule has 3 rings (SSSR count). The minimum atomic E-state index is 0.454. The number of ether oxygens (including phenoxy) is 1. The normalized spacial score (nSPS) is 10.8. The van der Waals surface area contributed by atoms with Crippen LogP contribution in [-0.2, 0) is 0 Å². The molecule has 0 spiro atoms. The van der Waals surface area contributed by atoms with Crippen LogP contribution in [-0.4, -0.2) is 17.1 Å². The van der Waals surface area contributed by atoms with E-state index in [0.29, 0.717) is 22.4 Å². The summed E-state index contributed by atoms with van der Waals surface area (Å²) in [6, 6.07) is 11.2. The SMILES string of the molecule is COc1cc(Cl)ccc1-c1nc(N)c2cccc(C)c2n1. The maximum atomic E-state index is 6.07. The van der Waals surface area contributed by atoms with Crippen LogP contribution in [0.5, 0.6) is 5.75 Å². The zero-order valence-corrected chi connectivity index (χ0v) is 12.5. The van der Waals surface area contributed by atoms with E-state index in [1.54, 1.807) is 19.2 Å². The lowest BCUT2D eigenvalue weighted by atomic mass is 10.1. The molecule has 0 fully saturated rings. The molecule has 21 heavy (non-hydrogen) atoms. The van der Waals surface area contributed by atoms with Crippen molar-refractivity contribution in [2.24, 2.45) is 0 Å². The molecule has 0 aliphatic carbocycles. The van der Waals surface area contributed by atoms with Gasteiger partial charge in [-0.25, -0.2) is 9.97 Å². The number of anilines is 1. The van der Waals surface area contributed by atoms with Crippen LogP contribution >= 0.6 is 11.6 Å². The van der Waals surface area contributed by atoms with Crippen LogP contribution in [0.15, 0.2) is 36.4 Å². The molecule has 106 valence electrons. The Bertz CT molecular complexity index is 833. The first-order chi connectivity index (χ1) is 10.1. The molecule has 0 aliphatic rings. The number of nitrogens with zero attached hydrogens (tertiary/aromatic N) is 2. The van der Waals surface area contributed by atoms with Crippen molar-refractivity contribution in [3.63, 3.8) is 0 Å². The Labute approximate surface area is 127 Å². The molecule has 0 saturated heterocycles. The third kappa shape index (κ3) is 2.38. The summed E-state index contributed by atoms with van der Waals surface area (Å²) in [7, 11) is 1.59. The van der Waals surface area contributed by atoms with Gasteiger partial charge in [0.2, 0.25) is 0 Å². The molecule has 0 saturated carbocycles. The van der Waals surface area contributed by atoms with E-state index < -0.39 is 0 Å². The number of nitrogen functional groups attached to an aromatic ring is 1. The first-order valence-electron chi connectivity index (χ1n) is 6.47. The maximum Gasteiger partial charge on any atom is 0.165 e. The lowest BCUT2D eigenvalue weighted by molar-refractivity contribution is 0.416. The van der Waals surface area contributed by atoms with Gasteiger partial charge in [-0.05, 0) is 36.8 Å². The van der Waals surface area contributed by atoms with Gasteiger partial charge in [0.25, 0.3) is 0 Å². The van der Waals surface area contributed by atoms with Gasteiger partial charge in [-0.3, -0.25) is 0 Å². The second kappa shape index (κ2) is 5.22. The average Bonchev–Trinajstić information content (AvgIpc) is 2.48. The molecule has 0 amide bonds. The lowest BCUT2D eigenvalue weighted by Crippen LogP contribution is -2.00. The molecule has 0 radical (unpaired) electrons. The predicted octanol–water partition coefficient (Wildman–Crippen LogP) is 3.85. The Morgan fingerprint density at radius 1 is 1.14 bits per heavy atom. The summed E-state index contributed by atoms with van der Waals surface area (Å²) in [5.41, 5.74) is 8.73. The summed E-state index contributed by atoms with van der Waals surface area (Å²) in [5.74, 6) is 1.60. The second-order valence-corrected chi connectivity index (χ2v) is 5.18. The van der Waals surface area contributed by atoms with Crippen LogP contribution in [0.4, 0.5) is 5.82 Å². The van der Waals surface area contributed by atoms with Gasteiger partial charge in [0.05, 0.1) is 18.2 Å². The number of aryl methyl sites for hydroxylation is 1. The van der Waals surface area contributed by atoms with Crippen molar-refractivity contribution in [1.82, 2.24) is 9.97 Å². The molecule has 2 N–H and O–H groups in total. The van der Waals surface area contributed by atoms with Crippen molar-refractivity contribution >= 4 is 28.3 Å². The average molecular weight is 300 g/mol. The first-order valence-corrected chi connectivity index (χ1v) is 6.84. The van der Waals surface area contributed by atoms with E-state index in [0.717, 1.165) is 22.0 Å². The van der Waals surface area contributed by atoms with Crippen molar-refractivity contribution in [2.75, 3.05) is 12.8 Å². The molecule has 4 nitrogen and oxygen atoms in total. The van der Waals surface area contributed by atoms with Crippen LogP contribution in [0, 0.1) is 6.92 Å². The van der Waals surface area contributed by atoms with Crippen LogP contribution in [0.25, 0.3) is 22.3 Å². The van der Waals surface area contributed by atoms with Crippen LogP contribution in [0.2, 0.25) is 5.02 Å². The van der Waals surface area contributed by atoms with E-state index in [4.69, 9.17) is 22.1 Å². The standard InChI is InChI=1S/C16H14ClN3O/c1-9-4-3-5-12-14(9)19-16(20-15(12)18)11-7-6-10(17)8-13(11)21-2/h3-8H,1-2H3,(H2,18,19,20). The quantitative estimate of drug-likeness (QED) is 0.781.